The maximum atomic E-state index is 12.2. The first kappa shape index (κ1) is 18.0. The van der Waals surface area contributed by atoms with Gasteiger partial charge in [0, 0.05) is 13.0 Å². The van der Waals surface area contributed by atoms with Crippen molar-refractivity contribution in [3.63, 3.8) is 0 Å². The number of carbonyl (C=O) groups is 3. The van der Waals surface area contributed by atoms with E-state index in [4.69, 9.17) is 4.42 Å². The number of nitrogens with zero attached hydrogens (tertiary/aromatic N) is 1. The predicted molar refractivity (Wildman–Crippen MR) is 86.9 cm³/mol. The molecule has 2 heterocycles. The highest BCUT2D eigenvalue weighted by Gasteiger charge is 2.30. The number of amides is 4. The summed E-state index contributed by atoms with van der Waals surface area (Å²) >= 11 is 0. The van der Waals surface area contributed by atoms with E-state index in [0.717, 1.165) is 5.76 Å². The number of rotatable bonds is 5. The molecule has 0 aliphatic carbocycles. The monoisotopic (exact) mass is 336 g/mol. The molecule has 1 atom stereocenters. The molecule has 4 amide bonds. The zero-order chi connectivity index (χ0) is 17.5. The highest BCUT2D eigenvalue weighted by Crippen LogP contribution is 2.19. The van der Waals surface area contributed by atoms with Gasteiger partial charge in [-0.25, -0.2) is 4.79 Å². The molecule has 0 unspecified atom stereocenters. The summed E-state index contributed by atoms with van der Waals surface area (Å²) in [5.41, 5.74) is 0. The maximum Gasteiger partial charge on any atom is 0.321 e. The number of hydrogen-bond acceptors (Lipinski definition) is 5. The van der Waals surface area contributed by atoms with Gasteiger partial charge in [-0.3, -0.25) is 19.8 Å². The summed E-state index contributed by atoms with van der Waals surface area (Å²) < 4.78 is 5.19. The zero-order valence-electron chi connectivity index (χ0n) is 14.0. The Bertz CT molecular complexity index is 565. The van der Waals surface area contributed by atoms with E-state index in [0.29, 0.717) is 32.5 Å². The number of hydrogen-bond donors (Lipinski definition) is 3. The van der Waals surface area contributed by atoms with Gasteiger partial charge in [-0.05, 0) is 45.0 Å². The summed E-state index contributed by atoms with van der Waals surface area (Å²) in [5, 5.41) is 7.50. The van der Waals surface area contributed by atoms with Gasteiger partial charge < -0.3 is 15.1 Å². The van der Waals surface area contributed by atoms with Gasteiger partial charge >= 0.3 is 6.03 Å². The molecule has 1 aliphatic heterocycles. The van der Waals surface area contributed by atoms with Crippen molar-refractivity contribution in [2.45, 2.75) is 32.4 Å². The van der Waals surface area contributed by atoms with Crippen molar-refractivity contribution in [2.75, 3.05) is 20.1 Å². The van der Waals surface area contributed by atoms with Crippen LogP contribution in [0.2, 0.25) is 0 Å². The number of likely N-dealkylation sites (tertiary alicyclic amines) is 1. The molecule has 2 rings (SSSR count). The molecule has 8 heteroatoms. The van der Waals surface area contributed by atoms with Crippen LogP contribution in [0.5, 0.6) is 0 Å². The normalized spacial score (nSPS) is 17.1. The van der Waals surface area contributed by atoms with Gasteiger partial charge in [0.1, 0.15) is 5.76 Å². The molecule has 1 aliphatic rings. The Labute approximate surface area is 140 Å². The minimum atomic E-state index is -0.515. The summed E-state index contributed by atoms with van der Waals surface area (Å²) in [4.78, 5) is 37.3. The van der Waals surface area contributed by atoms with Crippen LogP contribution < -0.4 is 16.0 Å². The third kappa shape index (κ3) is 4.82. The fraction of sp³-hybridized carbons (Fsp3) is 0.562. The van der Waals surface area contributed by atoms with Crippen LogP contribution in [0.15, 0.2) is 22.8 Å². The van der Waals surface area contributed by atoms with Crippen LogP contribution in [0.1, 0.15) is 25.5 Å². The molecule has 1 aromatic rings. The van der Waals surface area contributed by atoms with Crippen molar-refractivity contribution in [2.24, 2.45) is 5.92 Å². The summed E-state index contributed by atoms with van der Waals surface area (Å²) in [6.07, 6.45) is 2.94. The largest absolute Gasteiger partial charge is 0.467 e. The van der Waals surface area contributed by atoms with Crippen LogP contribution >= 0.6 is 0 Å². The Morgan fingerprint density at radius 3 is 2.62 bits per heavy atom. The van der Waals surface area contributed by atoms with Gasteiger partial charge in [0.25, 0.3) is 0 Å². The molecule has 24 heavy (non-hydrogen) atoms. The van der Waals surface area contributed by atoms with Crippen molar-refractivity contribution < 1.29 is 18.8 Å². The number of furan rings is 1. The van der Waals surface area contributed by atoms with Crippen molar-refractivity contribution >= 4 is 17.8 Å². The van der Waals surface area contributed by atoms with Crippen LogP contribution in [0.4, 0.5) is 4.79 Å². The molecule has 1 fully saturated rings. The average Bonchev–Trinajstić information content (AvgIpc) is 3.12. The average molecular weight is 336 g/mol. The molecular weight excluding hydrogens is 312 g/mol. The van der Waals surface area contributed by atoms with Gasteiger partial charge in [0.2, 0.25) is 11.8 Å². The second kappa shape index (κ2) is 8.49. The maximum absolute atomic E-state index is 12.2. The lowest BCUT2D eigenvalue weighted by molar-refractivity contribution is -0.128. The van der Waals surface area contributed by atoms with Gasteiger partial charge in [-0.1, -0.05) is 0 Å². The Morgan fingerprint density at radius 1 is 1.33 bits per heavy atom. The fourth-order valence-electron chi connectivity index (χ4n) is 2.73. The molecule has 0 radical (unpaired) electrons. The summed E-state index contributed by atoms with van der Waals surface area (Å²) in [6, 6.07) is 2.68. The van der Waals surface area contributed by atoms with Crippen LogP contribution in [-0.2, 0) is 16.1 Å². The van der Waals surface area contributed by atoms with E-state index in [1.165, 1.54) is 7.05 Å². The minimum Gasteiger partial charge on any atom is -0.467 e. The van der Waals surface area contributed by atoms with E-state index in [9.17, 15) is 14.4 Å². The number of imide groups is 1. The quantitative estimate of drug-likeness (QED) is 0.724. The van der Waals surface area contributed by atoms with Crippen LogP contribution in [0.3, 0.4) is 0 Å². The first-order chi connectivity index (χ1) is 11.5. The number of urea groups is 1. The highest BCUT2D eigenvalue weighted by molar-refractivity contribution is 5.96. The molecular formula is C16H24N4O4. The Kier molecular flexibility index (Phi) is 6.36. The van der Waals surface area contributed by atoms with E-state index < -0.39 is 12.1 Å². The van der Waals surface area contributed by atoms with E-state index in [1.54, 1.807) is 19.3 Å². The van der Waals surface area contributed by atoms with Gasteiger partial charge in [0.15, 0.2) is 0 Å². The lowest BCUT2D eigenvalue weighted by Gasteiger charge is -2.34. The lowest BCUT2D eigenvalue weighted by atomic mass is 9.95. The van der Waals surface area contributed by atoms with E-state index in [-0.39, 0.29) is 17.7 Å². The summed E-state index contributed by atoms with van der Waals surface area (Å²) in [6.45, 7) is 3.43. The van der Waals surface area contributed by atoms with E-state index in [2.05, 4.69) is 16.0 Å². The van der Waals surface area contributed by atoms with Crippen LogP contribution in [-0.4, -0.2) is 48.9 Å². The smallest absolute Gasteiger partial charge is 0.321 e. The summed E-state index contributed by atoms with van der Waals surface area (Å²) in [7, 11) is 1.46. The third-order valence-electron chi connectivity index (χ3n) is 4.31. The van der Waals surface area contributed by atoms with Gasteiger partial charge in [-0.15, -0.1) is 0 Å². The molecule has 1 aromatic heterocycles. The Hall–Kier alpha value is -2.35. The minimum absolute atomic E-state index is 0.00788. The van der Waals surface area contributed by atoms with E-state index in [1.807, 2.05) is 11.0 Å². The second-order valence-electron chi connectivity index (χ2n) is 5.85. The highest BCUT2D eigenvalue weighted by atomic mass is 16.3. The third-order valence-corrected chi connectivity index (χ3v) is 4.31. The van der Waals surface area contributed by atoms with Crippen molar-refractivity contribution in [3.05, 3.63) is 24.2 Å². The molecule has 1 saturated heterocycles. The number of piperidine rings is 1. The fourth-order valence-corrected chi connectivity index (χ4v) is 2.73. The first-order valence-corrected chi connectivity index (χ1v) is 8.08. The molecule has 3 N–H and O–H groups in total. The number of nitrogens with one attached hydrogen (secondary N) is 3. The Morgan fingerprint density at radius 2 is 2.04 bits per heavy atom. The molecule has 0 saturated carbocycles. The van der Waals surface area contributed by atoms with Crippen LogP contribution in [0, 0.1) is 5.92 Å². The molecule has 0 bridgehead atoms. The van der Waals surface area contributed by atoms with Crippen molar-refractivity contribution in [1.29, 1.82) is 0 Å². The standard InChI is InChI=1S/C16H24N4O4/c1-11(14(21)19-16(23)17-2)20-7-5-12(6-8-20)15(22)18-10-13-4-3-9-24-13/h3-4,9,11-12H,5-8,10H2,1-2H3,(H,18,22)(H2,17,19,21,23)/t11-/m0/s1. The zero-order valence-corrected chi connectivity index (χ0v) is 14.0. The van der Waals surface area contributed by atoms with E-state index >= 15 is 0 Å². The lowest BCUT2D eigenvalue weighted by Crippen LogP contribution is -2.52. The van der Waals surface area contributed by atoms with Gasteiger partial charge in [0.05, 0.1) is 18.8 Å². The topological polar surface area (TPSA) is 104 Å². The number of carbonyl (C=O) groups excluding carboxylic acids is 3. The SMILES string of the molecule is CNC(=O)NC(=O)[C@H](C)N1CCC(C(=O)NCc2ccco2)CC1. The van der Waals surface area contributed by atoms with Crippen molar-refractivity contribution in [3.8, 4) is 0 Å². The Balaban J connectivity index is 1.74. The van der Waals surface area contributed by atoms with Crippen molar-refractivity contribution in [1.82, 2.24) is 20.9 Å². The molecule has 0 spiro atoms. The van der Waals surface area contributed by atoms with Crippen LogP contribution in [0.25, 0.3) is 0 Å². The summed E-state index contributed by atoms with van der Waals surface area (Å²) in [5.74, 6) is 0.328. The second-order valence-corrected chi connectivity index (χ2v) is 5.85. The molecule has 0 aromatic carbocycles. The molecule has 8 nitrogen and oxygen atoms in total. The molecule has 132 valence electrons. The predicted octanol–water partition coefficient (Wildman–Crippen LogP) is 0.452. The first-order valence-electron chi connectivity index (χ1n) is 8.08. The van der Waals surface area contributed by atoms with Gasteiger partial charge in [-0.2, -0.15) is 0 Å².